The number of benzene rings is 1. The molecule has 0 radical (unpaired) electrons. The molecule has 3 nitrogen and oxygen atoms in total. The summed E-state index contributed by atoms with van der Waals surface area (Å²) >= 11 is 0. The number of carbonyl (C=O) groups is 1. The molecule has 1 fully saturated rings. The summed E-state index contributed by atoms with van der Waals surface area (Å²) in [5, 5.41) is 9.27. The minimum Gasteiger partial charge on any atom is -0.391 e. The van der Waals surface area contributed by atoms with E-state index in [0.29, 0.717) is 13.0 Å². The molecular formula is C11H11F2NO2. The van der Waals surface area contributed by atoms with Crippen molar-refractivity contribution in [3.8, 4) is 0 Å². The number of carbonyl (C=O) groups excluding carboxylic acids is 1. The van der Waals surface area contributed by atoms with Gasteiger partial charge in [-0.05, 0) is 24.6 Å². The SMILES string of the molecule is O=C(c1ccc(F)c(F)c1)N1CCC(O)C1. The summed E-state index contributed by atoms with van der Waals surface area (Å²) < 4.78 is 25.6. The van der Waals surface area contributed by atoms with Crippen LogP contribution in [0, 0.1) is 11.6 Å². The van der Waals surface area contributed by atoms with Crippen LogP contribution in [0.1, 0.15) is 16.8 Å². The third kappa shape index (κ3) is 2.04. The molecule has 0 spiro atoms. The van der Waals surface area contributed by atoms with Crippen molar-refractivity contribution >= 4 is 5.91 Å². The minimum atomic E-state index is -1.04. The Kier molecular flexibility index (Phi) is 2.87. The van der Waals surface area contributed by atoms with Crippen molar-refractivity contribution in [3.05, 3.63) is 35.4 Å². The predicted molar refractivity (Wildman–Crippen MR) is 52.9 cm³/mol. The standard InChI is InChI=1S/C11H11F2NO2/c12-9-2-1-7(5-10(9)13)11(16)14-4-3-8(15)6-14/h1-2,5,8,15H,3-4,6H2. The van der Waals surface area contributed by atoms with E-state index in [2.05, 4.69) is 0 Å². The lowest BCUT2D eigenvalue weighted by Gasteiger charge is -2.15. The fourth-order valence-electron chi connectivity index (χ4n) is 1.74. The van der Waals surface area contributed by atoms with E-state index in [0.717, 1.165) is 12.1 Å². The van der Waals surface area contributed by atoms with E-state index >= 15 is 0 Å². The summed E-state index contributed by atoms with van der Waals surface area (Å²) in [5.74, 6) is -2.39. The zero-order valence-electron chi connectivity index (χ0n) is 8.49. The third-order valence-corrected chi connectivity index (χ3v) is 2.62. The average Bonchev–Trinajstić information content (AvgIpc) is 2.68. The molecular weight excluding hydrogens is 216 g/mol. The lowest BCUT2D eigenvalue weighted by atomic mass is 10.2. The molecule has 1 aromatic carbocycles. The number of likely N-dealkylation sites (tertiary alicyclic amines) is 1. The molecule has 1 aliphatic heterocycles. The van der Waals surface area contributed by atoms with Gasteiger partial charge in [0.1, 0.15) is 0 Å². The molecule has 1 aromatic rings. The van der Waals surface area contributed by atoms with Crippen LogP contribution in [-0.4, -0.2) is 35.1 Å². The predicted octanol–water partition coefficient (Wildman–Crippen LogP) is 1.17. The smallest absolute Gasteiger partial charge is 0.254 e. The number of aliphatic hydroxyl groups excluding tert-OH is 1. The van der Waals surface area contributed by atoms with Crippen molar-refractivity contribution in [1.82, 2.24) is 4.90 Å². The van der Waals surface area contributed by atoms with Crippen molar-refractivity contribution in [2.24, 2.45) is 0 Å². The van der Waals surface area contributed by atoms with Crippen molar-refractivity contribution in [3.63, 3.8) is 0 Å². The molecule has 1 N–H and O–H groups in total. The maximum atomic E-state index is 12.9. The molecule has 0 bridgehead atoms. The molecule has 1 heterocycles. The second-order valence-electron chi connectivity index (χ2n) is 3.82. The maximum Gasteiger partial charge on any atom is 0.254 e. The Bertz CT molecular complexity index is 422. The van der Waals surface area contributed by atoms with Crippen molar-refractivity contribution < 1.29 is 18.7 Å². The summed E-state index contributed by atoms with van der Waals surface area (Å²) in [6, 6.07) is 3.04. The van der Waals surface area contributed by atoms with Gasteiger partial charge in [-0.3, -0.25) is 4.79 Å². The van der Waals surface area contributed by atoms with Crippen LogP contribution in [0.25, 0.3) is 0 Å². The van der Waals surface area contributed by atoms with Gasteiger partial charge in [-0.2, -0.15) is 0 Å². The summed E-state index contributed by atoms with van der Waals surface area (Å²) in [4.78, 5) is 13.2. The fourth-order valence-corrected chi connectivity index (χ4v) is 1.74. The Morgan fingerprint density at radius 2 is 2.12 bits per heavy atom. The van der Waals surface area contributed by atoms with Crippen molar-refractivity contribution in [2.45, 2.75) is 12.5 Å². The van der Waals surface area contributed by atoms with Crippen LogP contribution in [0.3, 0.4) is 0 Å². The molecule has 16 heavy (non-hydrogen) atoms. The number of aliphatic hydroxyl groups is 1. The number of hydrogen-bond donors (Lipinski definition) is 1. The number of amides is 1. The third-order valence-electron chi connectivity index (χ3n) is 2.62. The summed E-state index contributed by atoms with van der Waals surface area (Å²) in [5.41, 5.74) is 0.105. The van der Waals surface area contributed by atoms with Gasteiger partial charge in [0, 0.05) is 18.7 Å². The van der Waals surface area contributed by atoms with E-state index < -0.39 is 17.7 Å². The van der Waals surface area contributed by atoms with Gasteiger partial charge >= 0.3 is 0 Å². The second kappa shape index (κ2) is 4.17. The van der Waals surface area contributed by atoms with Gasteiger partial charge in [0.15, 0.2) is 11.6 Å². The number of rotatable bonds is 1. The van der Waals surface area contributed by atoms with Crippen LogP contribution >= 0.6 is 0 Å². The average molecular weight is 227 g/mol. The topological polar surface area (TPSA) is 40.5 Å². The Labute approximate surface area is 91.3 Å². The Morgan fingerprint density at radius 3 is 2.69 bits per heavy atom. The van der Waals surface area contributed by atoms with E-state index in [4.69, 9.17) is 0 Å². The molecule has 1 amide bonds. The summed E-state index contributed by atoms with van der Waals surface area (Å²) in [6.07, 6.45) is 0.00401. The molecule has 0 aromatic heterocycles. The summed E-state index contributed by atoms with van der Waals surface area (Å²) in [7, 11) is 0. The van der Waals surface area contributed by atoms with Crippen molar-refractivity contribution in [2.75, 3.05) is 13.1 Å². The second-order valence-corrected chi connectivity index (χ2v) is 3.82. The Morgan fingerprint density at radius 1 is 1.38 bits per heavy atom. The quantitative estimate of drug-likeness (QED) is 0.782. The van der Waals surface area contributed by atoms with Crippen molar-refractivity contribution in [1.29, 1.82) is 0 Å². The van der Waals surface area contributed by atoms with Crippen LogP contribution in [0.15, 0.2) is 18.2 Å². The molecule has 1 unspecified atom stereocenters. The van der Waals surface area contributed by atoms with Crippen LogP contribution < -0.4 is 0 Å². The minimum absolute atomic E-state index is 0.105. The normalized spacial score (nSPS) is 20.2. The van der Waals surface area contributed by atoms with Crippen LogP contribution in [0.5, 0.6) is 0 Å². The first-order valence-electron chi connectivity index (χ1n) is 5.00. The molecule has 1 saturated heterocycles. The number of halogens is 2. The molecule has 0 aliphatic carbocycles. The van der Waals surface area contributed by atoms with Gasteiger partial charge in [-0.25, -0.2) is 8.78 Å². The lowest BCUT2D eigenvalue weighted by Crippen LogP contribution is -2.29. The first-order valence-corrected chi connectivity index (χ1v) is 5.00. The lowest BCUT2D eigenvalue weighted by molar-refractivity contribution is 0.0764. The van der Waals surface area contributed by atoms with Gasteiger partial charge in [-0.15, -0.1) is 0 Å². The highest BCUT2D eigenvalue weighted by Crippen LogP contribution is 2.15. The highest BCUT2D eigenvalue weighted by molar-refractivity contribution is 5.94. The zero-order valence-corrected chi connectivity index (χ0v) is 8.49. The zero-order chi connectivity index (χ0) is 11.7. The van der Waals surface area contributed by atoms with E-state index in [1.165, 1.54) is 11.0 Å². The summed E-state index contributed by atoms with van der Waals surface area (Å²) in [6.45, 7) is 0.691. The Hall–Kier alpha value is -1.49. The Balaban J connectivity index is 2.18. The van der Waals surface area contributed by atoms with Gasteiger partial charge in [0.2, 0.25) is 0 Å². The molecule has 5 heteroatoms. The van der Waals surface area contributed by atoms with E-state index in [9.17, 15) is 18.7 Å². The van der Waals surface area contributed by atoms with Gasteiger partial charge < -0.3 is 10.0 Å². The van der Waals surface area contributed by atoms with E-state index in [1.807, 2.05) is 0 Å². The van der Waals surface area contributed by atoms with Crippen LogP contribution in [0.4, 0.5) is 8.78 Å². The molecule has 1 aliphatic rings. The molecule has 86 valence electrons. The molecule has 1 atom stereocenters. The monoisotopic (exact) mass is 227 g/mol. The highest BCUT2D eigenvalue weighted by Gasteiger charge is 2.25. The fraction of sp³-hybridized carbons (Fsp3) is 0.364. The first-order chi connectivity index (χ1) is 7.58. The van der Waals surface area contributed by atoms with Crippen LogP contribution in [-0.2, 0) is 0 Å². The van der Waals surface area contributed by atoms with Gasteiger partial charge in [0.25, 0.3) is 5.91 Å². The van der Waals surface area contributed by atoms with Gasteiger partial charge in [-0.1, -0.05) is 0 Å². The van der Waals surface area contributed by atoms with Gasteiger partial charge in [0.05, 0.1) is 6.10 Å². The van der Waals surface area contributed by atoms with Crippen LogP contribution in [0.2, 0.25) is 0 Å². The van der Waals surface area contributed by atoms with E-state index in [-0.39, 0.29) is 18.0 Å². The first kappa shape index (κ1) is 11.0. The number of β-amino-alcohol motifs (C(OH)–C–C–N with tert-alkyl or cyclic N) is 1. The largest absolute Gasteiger partial charge is 0.391 e. The molecule has 2 rings (SSSR count). The highest BCUT2D eigenvalue weighted by atomic mass is 19.2. The molecule has 0 saturated carbocycles. The number of nitrogens with zero attached hydrogens (tertiary/aromatic N) is 1. The maximum absolute atomic E-state index is 12.9. The van der Waals surface area contributed by atoms with E-state index in [1.54, 1.807) is 0 Å². The number of hydrogen-bond acceptors (Lipinski definition) is 2.